The molecule has 210 valence electrons. The summed E-state index contributed by atoms with van der Waals surface area (Å²) in [6.45, 7) is 0. The van der Waals surface area contributed by atoms with Gasteiger partial charge >= 0.3 is 0 Å². The second-order valence-corrected chi connectivity index (χ2v) is 14.9. The van der Waals surface area contributed by atoms with E-state index in [9.17, 15) is 0 Å². The molecule has 6 rings (SSSR count). The van der Waals surface area contributed by atoms with E-state index in [2.05, 4.69) is 182 Å². The fourth-order valence-electron chi connectivity index (χ4n) is 5.40. The van der Waals surface area contributed by atoms with Gasteiger partial charge in [0, 0.05) is 11.8 Å². The Bertz CT molecular complexity index is 1630. The number of hydrogen-bond acceptors (Lipinski definition) is 1. The summed E-state index contributed by atoms with van der Waals surface area (Å²) in [4.78, 5) is 5.41. The van der Waals surface area contributed by atoms with Gasteiger partial charge in [-0.05, 0) is 60.5 Å². The third kappa shape index (κ3) is 7.63. The zero-order valence-corrected chi connectivity index (χ0v) is 25.9. The van der Waals surface area contributed by atoms with E-state index in [0.29, 0.717) is 0 Å². The summed E-state index contributed by atoms with van der Waals surface area (Å²) in [6.07, 6.45) is 4.06. The topological polar surface area (TPSA) is 12.4 Å². The van der Waals surface area contributed by atoms with Crippen molar-refractivity contribution in [1.29, 1.82) is 0 Å². The monoisotopic (exact) mass is 591 g/mol. The molecule has 0 bridgehead atoms. The van der Waals surface area contributed by atoms with E-state index in [0.717, 1.165) is 12.6 Å². The maximum Gasteiger partial charge on any atom is 0.0585 e. The van der Waals surface area contributed by atoms with Crippen molar-refractivity contribution in [3.05, 3.63) is 187 Å². The molecule has 0 N–H and O–H groups in total. The van der Waals surface area contributed by atoms with E-state index >= 15 is 0 Å². The van der Waals surface area contributed by atoms with Gasteiger partial charge in [-0.2, -0.15) is 0 Å². The molecular formula is C40H35NP2. The lowest BCUT2D eigenvalue weighted by Gasteiger charge is -2.24. The van der Waals surface area contributed by atoms with Crippen LogP contribution in [0.2, 0.25) is 0 Å². The molecule has 0 saturated carbocycles. The van der Waals surface area contributed by atoms with Crippen molar-refractivity contribution in [2.24, 2.45) is 4.99 Å². The average Bonchev–Trinajstić information content (AvgIpc) is 3.09. The molecule has 0 saturated heterocycles. The molecule has 0 amide bonds. The second kappa shape index (κ2) is 14.8. The largest absolute Gasteiger partial charge is 0.288 e. The Balaban J connectivity index is 1.39. The third-order valence-electron chi connectivity index (χ3n) is 7.47. The summed E-state index contributed by atoms with van der Waals surface area (Å²) >= 11 is 0. The molecule has 6 aromatic carbocycles. The summed E-state index contributed by atoms with van der Waals surface area (Å²) in [5, 5.41) is 6.83. The number of aliphatic imine (C=N–C) groups is 1. The van der Waals surface area contributed by atoms with Gasteiger partial charge in [0.15, 0.2) is 0 Å². The van der Waals surface area contributed by atoms with Gasteiger partial charge in [-0.3, -0.25) is 4.99 Å². The third-order valence-corrected chi connectivity index (χ3v) is 12.6. The molecule has 1 nitrogen and oxygen atoms in total. The Morgan fingerprint density at radius 3 is 1.40 bits per heavy atom. The average molecular weight is 592 g/mol. The van der Waals surface area contributed by atoms with E-state index in [4.69, 9.17) is 4.99 Å². The van der Waals surface area contributed by atoms with Gasteiger partial charge in [-0.15, -0.1) is 0 Å². The Hall–Kier alpha value is -4.15. The minimum Gasteiger partial charge on any atom is -0.288 e. The lowest BCUT2D eigenvalue weighted by molar-refractivity contribution is 0.752. The van der Waals surface area contributed by atoms with Crippen LogP contribution in [0.3, 0.4) is 0 Å². The molecule has 0 unspecified atom stereocenters. The van der Waals surface area contributed by atoms with Crippen LogP contribution in [-0.2, 0) is 6.42 Å². The highest BCUT2D eigenvalue weighted by atomic mass is 31.1. The highest BCUT2D eigenvalue weighted by molar-refractivity contribution is 7.80. The molecule has 0 fully saturated rings. The number of hydrogen-bond donors (Lipinski definition) is 0. The molecule has 0 spiro atoms. The van der Waals surface area contributed by atoms with Crippen molar-refractivity contribution < 1.29 is 0 Å². The van der Waals surface area contributed by atoms with E-state index in [-0.39, 0.29) is 6.04 Å². The van der Waals surface area contributed by atoms with Crippen LogP contribution in [0.5, 0.6) is 0 Å². The second-order valence-electron chi connectivity index (χ2n) is 10.5. The van der Waals surface area contributed by atoms with Gasteiger partial charge < -0.3 is 0 Å². The fraction of sp³-hybridized carbons (Fsp3) is 0.0750. The molecule has 3 heteroatoms. The predicted octanol–water partition coefficient (Wildman–Crippen LogP) is 7.61. The van der Waals surface area contributed by atoms with Crippen molar-refractivity contribution in [2.75, 3.05) is 6.16 Å². The van der Waals surface area contributed by atoms with Gasteiger partial charge in [-0.1, -0.05) is 176 Å². The minimum atomic E-state index is -0.722. The van der Waals surface area contributed by atoms with E-state index < -0.39 is 15.8 Å². The quantitative estimate of drug-likeness (QED) is 0.109. The normalized spacial score (nSPS) is 12.1. The number of nitrogens with zero attached hydrogens (tertiary/aromatic N) is 1. The van der Waals surface area contributed by atoms with Crippen LogP contribution in [0.15, 0.2) is 181 Å². The highest BCUT2D eigenvalue weighted by Crippen LogP contribution is 2.36. The highest BCUT2D eigenvalue weighted by Gasteiger charge is 2.21. The van der Waals surface area contributed by atoms with Crippen molar-refractivity contribution in [3.8, 4) is 0 Å². The smallest absolute Gasteiger partial charge is 0.0585 e. The van der Waals surface area contributed by atoms with Crippen molar-refractivity contribution in [2.45, 2.75) is 12.5 Å². The summed E-state index contributed by atoms with van der Waals surface area (Å²) in [7, 11) is -1.29. The predicted molar refractivity (Wildman–Crippen MR) is 191 cm³/mol. The van der Waals surface area contributed by atoms with Crippen LogP contribution in [-0.4, -0.2) is 18.4 Å². The summed E-state index contributed by atoms with van der Waals surface area (Å²) in [5.41, 5.74) is 2.52. The van der Waals surface area contributed by atoms with Crippen LogP contribution in [0.1, 0.15) is 11.1 Å². The Labute approximate surface area is 258 Å². The maximum absolute atomic E-state index is 5.41. The van der Waals surface area contributed by atoms with E-state index in [1.54, 1.807) is 0 Å². The first kappa shape index (κ1) is 28.9. The van der Waals surface area contributed by atoms with Crippen molar-refractivity contribution in [3.63, 3.8) is 0 Å². The molecular weight excluding hydrogens is 556 g/mol. The van der Waals surface area contributed by atoms with Gasteiger partial charge in [0.05, 0.1) is 6.04 Å². The van der Waals surface area contributed by atoms with Gasteiger partial charge in [0.25, 0.3) is 0 Å². The molecule has 0 aliphatic heterocycles. The molecule has 0 aliphatic rings. The molecule has 0 aromatic heterocycles. The minimum absolute atomic E-state index is 0.140. The molecule has 6 aromatic rings. The van der Waals surface area contributed by atoms with Crippen molar-refractivity contribution in [1.82, 2.24) is 0 Å². The molecule has 1 atom stereocenters. The first-order valence-electron chi connectivity index (χ1n) is 14.8. The van der Waals surface area contributed by atoms with Gasteiger partial charge in [0.2, 0.25) is 0 Å². The Morgan fingerprint density at radius 1 is 0.465 bits per heavy atom. The lowest BCUT2D eigenvalue weighted by Crippen LogP contribution is -2.24. The van der Waals surface area contributed by atoms with Crippen LogP contribution in [0.4, 0.5) is 0 Å². The van der Waals surface area contributed by atoms with Crippen LogP contribution < -0.4 is 26.5 Å². The molecule has 0 aliphatic carbocycles. The van der Waals surface area contributed by atoms with Crippen molar-refractivity contribution >= 4 is 48.6 Å². The van der Waals surface area contributed by atoms with Crippen LogP contribution in [0.25, 0.3) is 0 Å². The zero-order chi connectivity index (χ0) is 29.1. The molecule has 0 radical (unpaired) electrons. The Kier molecular flexibility index (Phi) is 9.99. The maximum atomic E-state index is 5.41. The SMILES string of the molecule is C(=N[C@@H](Cc1ccccc1)CP(c1ccccc1)c1ccccc1)c1ccccc1P(c1ccccc1)c1ccccc1. The van der Waals surface area contributed by atoms with E-state index in [1.807, 2.05) is 0 Å². The lowest BCUT2D eigenvalue weighted by atomic mass is 10.1. The zero-order valence-electron chi connectivity index (χ0n) is 24.2. The summed E-state index contributed by atoms with van der Waals surface area (Å²) < 4.78 is 0. The van der Waals surface area contributed by atoms with Crippen LogP contribution >= 0.6 is 15.8 Å². The Morgan fingerprint density at radius 2 is 0.884 bits per heavy atom. The van der Waals surface area contributed by atoms with Gasteiger partial charge in [-0.25, -0.2) is 0 Å². The fourth-order valence-corrected chi connectivity index (χ4v) is 10.3. The summed E-state index contributed by atoms with van der Waals surface area (Å²) in [5.74, 6) is 0. The van der Waals surface area contributed by atoms with Crippen LogP contribution in [0, 0.1) is 0 Å². The first-order chi connectivity index (χ1) is 21.3. The first-order valence-corrected chi connectivity index (χ1v) is 17.7. The molecule has 43 heavy (non-hydrogen) atoms. The molecule has 0 heterocycles. The standard InChI is InChI=1S/C40H35NP2/c1-6-18-33(19-7-1)30-35(32-42(36-21-8-2-9-22-36)37-23-10-3-11-24-37)41-31-34-20-16-17-29-40(34)43(38-25-12-4-13-26-38)39-27-14-5-15-28-39/h1-29,31,35H,30,32H2/t35-/m0/s1. The summed E-state index contributed by atoms with van der Waals surface area (Å²) in [6, 6.07) is 63.6. The van der Waals surface area contributed by atoms with E-state index in [1.165, 1.54) is 37.6 Å². The number of benzene rings is 6. The number of rotatable bonds is 11. The van der Waals surface area contributed by atoms with Gasteiger partial charge in [0.1, 0.15) is 0 Å².